The van der Waals surface area contributed by atoms with E-state index in [-0.39, 0.29) is 17.6 Å². The number of alkyl halides is 3. The van der Waals surface area contributed by atoms with Crippen LogP contribution in [0.3, 0.4) is 0 Å². The van der Waals surface area contributed by atoms with Crippen LogP contribution >= 0.6 is 0 Å². The Bertz CT molecular complexity index is 1410. The average molecular weight is 502 g/mol. The van der Waals surface area contributed by atoms with Gasteiger partial charge in [-0.2, -0.15) is 13.2 Å². The molecule has 0 amide bonds. The average Bonchev–Trinajstić information content (AvgIpc) is 3.45. The van der Waals surface area contributed by atoms with Gasteiger partial charge in [0, 0.05) is 22.7 Å². The van der Waals surface area contributed by atoms with Crippen molar-refractivity contribution in [1.29, 1.82) is 0 Å². The van der Waals surface area contributed by atoms with Crippen LogP contribution in [-0.2, 0) is 12.1 Å². The molecule has 2 heterocycles. The number of para-hydroxylation sites is 1. The maximum atomic E-state index is 14.6. The number of rotatable bonds is 6. The maximum absolute atomic E-state index is 14.6. The van der Waals surface area contributed by atoms with Crippen molar-refractivity contribution in [3.63, 3.8) is 0 Å². The van der Waals surface area contributed by atoms with Crippen molar-refractivity contribution in [2.75, 3.05) is 17.0 Å². The van der Waals surface area contributed by atoms with Gasteiger partial charge in [-0.15, -0.1) is 5.53 Å². The van der Waals surface area contributed by atoms with Gasteiger partial charge < -0.3 is 25.3 Å². The SMILES string of the molecule is OCC(O)Cn1cc(C(O)(c2ccc3c(c2)NNN3c2ccc(F)cc2)C(F)(F)F)c2ccccc21. The Morgan fingerprint density at radius 3 is 2.39 bits per heavy atom. The minimum absolute atomic E-state index is 0.155. The Hall–Kier alpha value is -3.64. The van der Waals surface area contributed by atoms with Crippen LogP contribution in [0.15, 0.2) is 72.9 Å². The van der Waals surface area contributed by atoms with Crippen LogP contribution < -0.4 is 16.0 Å². The highest BCUT2D eigenvalue weighted by Gasteiger charge is 2.57. The number of nitrogens with one attached hydrogen (secondary N) is 2. The quantitative estimate of drug-likeness (QED) is 0.257. The number of fused-ring (bicyclic) bond motifs is 2. The predicted molar refractivity (Wildman–Crippen MR) is 126 cm³/mol. The van der Waals surface area contributed by atoms with Gasteiger partial charge in [-0.3, -0.25) is 5.01 Å². The van der Waals surface area contributed by atoms with Gasteiger partial charge in [-0.25, -0.2) is 4.39 Å². The molecule has 7 nitrogen and oxygen atoms in total. The third kappa shape index (κ3) is 3.86. The van der Waals surface area contributed by atoms with E-state index in [0.717, 1.165) is 6.20 Å². The maximum Gasteiger partial charge on any atom is 0.425 e. The van der Waals surface area contributed by atoms with Crippen molar-refractivity contribution in [2.45, 2.75) is 24.4 Å². The molecule has 188 valence electrons. The van der Waals surface area contributed by atoms with Crippen molar-refractivity contribution in [1.82, 2.24) is 10.1 Å². The first-order chi connectivity index (χ1) is 17.1. The lowest BCUT2D eigenvalue weighted by Crippen LogP contribution is -2.43. The Kier molecular flexibility index (Phi) is 5.87. The summed E-state index contributed by atoms with van der Waals surface area (Å²) in [7, 11) is 0. The molecular weight excluding hydrogens is 480 g/mol. The van der Waals surface area contributed by atoms with Gasteiger partial charge in [-0.1, -0.05) is 24.3 Å². The van der Waals surface area contributed by atoms with E-state index in [1.54, 1.807) is 18.2 Å². The first-order valence-corrected chi connectivity index (χ1v) is 11.0. The van der Waals surface area contributed by atoms with E-state index in [4.69, 9.17) is 0 Å². The van der Waals surface area contributed by atoms with Crippen LogP contribution in [-0.4, -0.2) is 38.8 Å². The van der Waals surface area contributed by atoms with Gasteiger partial charge in [0.15, 0.2) is 0 Å². The summed E-state index contributed by atoms with van der Waals surface area (Å²) in [4.78, 5) is 0. The summed E-state index contributed by atoms with van der Waals surface area (Å²) >= 11 is 0. The van der Waals surface area contributed by atoms with Gasteiger partial charge >= 0.3 is 6.18 Å². The lowest BCUT2D eigenvalue weighted by atomic mass is 9.85. The molecule has 11 heteroatoms. The minimum atomic E-state index is -5.10. The molecule has 0 bridgehead atoms. The molecule has 0 aliphatic carbocycles. The largest absolute Gasteiger partial charge is 0.425 e. The third-order valence-corrected chi connectivity index (χ3v) is 6.25. The van der Waals surface area contributed by atoms with E-state index in [0.29, 0.717) is 16.9 Å². The number of hydrogen-bond acceptors (Lipinski definition) is 6. The molecule has 0 fully saturated rings. The molecule has 36 heavy (non-hydrogen) atoms. The first-order valence-electron chi connectivity index (χ1n) is 11.0. The molecular formula is C25H22F4N4O3. The summed E-state index contributed by atoms with van der Waals surface area (Å²) < 4.78 is 58.6. The van der Waals surface area contributed by atoms with Crippen molar-refractivity contribution in [2.24, 2.45) is 0 Å². The Morgan fingerprint density at radius 1 is 0.972 bits per heavy atom. The monoisotopic (exact) mass is 502 g/mol. The lowest BCUT2D eigenvalue weighted by Gasteiger charge is -2.31. The van der Waals surface area contributed by atoms with Gasteiger partial charge in [0.25, 0.3) is 0 Å². The number of anilines is 3. The lowest BCUT2D eigenvalue weighted by molar-refractivity contribution is -0.247. The predicted octanol–water partition coefficient (Wildman–Crippen LogP) is 3.92. The van der Waals surface area contributed by atoms with Crippen LogP contribution in [0.5, 0.6) is 0 Å². The smallest absolute Gasteiger partial charge is 0.394 e. The highest BCUT2D eigenvalue weighted by Crippen LogP contribution is 2.49. The van der Waals surface area contributed by atoms with Crippen LogP contribution in [0.25, 0.3) is 10.9 Å². The summed E-state index contributed by atoms with van der Waals surface area (Å²) in [6, 6.07) is 15.6. The van der Waals surface area contributed by atoms with Gasteiger partial charge in [0.2, 0.25) is 5.60 Å². The summed E-state index contributed by atoms with van der Waals surface area (Å²) in [5, 5.41) is 32.2. The van der Waals surface area contributed by atoms with Crippen molar-refractivity contribution in [3.8, 4) is 0 Å². The van der Waals surface area contributed by atoms with Gasteiger partial charge in [-0.05, 0) is 48.0 Å². The van der Waals surface area contributed by atoms with Crippen molar-refractivity contribution < 1.29 is 32.9 Å². The number of benzene rings is 3. The fourth-order valence-electron chi connectivity index (χ4n) is 4.47. The van der Waals surface area contributed by atoms with E-state index < -0.39 is 41.4 Å². The summed E-state index contributed by atoms with van der Waals surface area (Å²) in [6.07, 6.45) is -5.14. The molecule has 3 aromatic carbocycles. The second-order valence-electron chi connectivity index (χ2n) is 8.54. The fraction of sp³-hybridized carbons (Fsp3) is 0.200. The number of hydrazine groups is 2. The normalized spacial score (nSPS) is 16.0. The van der Waals surface area contributed by atoms with Crippen molar-refractivity contribution >= 4 is 28.0 Å². The fourth-order valence-corrected chi connectivity index (χ4v) is 4.47. The molecule has 0 saturated carbocycles. The second kappa shape index (κ2) is 8.79. The van der Waals surface area contributed by atoms with Crippen LogP contribution in [0, 0.1) is 5.82 Å². The molecule has 4 aromatic rings. The standard InChI is InChI=1S/C25H22F4N4O3/c26-16-6-8-17(9-7-16)33-23-10-5-15(11-21(23)30-31-33)24(36,25(27,28)29)20-13-32(12-18(35)14-34)22-4-2-1-3-19(20)22/h1-11,13,18,30-31,34-36H,12,14H2. The molecule has 2 unspecified atom stereocenters. The summed E-state index contributed by atoms with van der Waals surface area (Å²) in [5.41, 5.74) is 3.06. The Balaban J connectivity index is 1.63. The molecule has 1 aliphatic rings. The molecule has 1 aliphatic heterocycles. The van der Waals surface area contributed by atoms with E-state index in [2.05, 4.69) is 11.0 Å². The Labute approximate surface area is 202 Å². The number of halogens is 4. The molecule has 5 N–H and O–H groups in total. The van der Waals surface area contributed by atoms with Crippen LogP contribution in [0.4, 0.5) is 34.6 Å². The summed E-state index contributed by atoms with van der Waals surface area (Å²) in [5.74, 6) is -0.428. The molecule has 0 saturated heterocycles. The topological polar surface area (TPSA) is 92.9 Å². The van der Waals surface area contributed by atoms with Crippen LogP contribution in [0.2, 0.25) is 0 Å². The highest BCUT2D eigenvalue weighted by atomic mass is 19.4. The molecule has 0 radical (unpaired) electrons. The Morgan fingerprint density at radius 2 is 1.69 bits per heavy atom. The zero-order chi connectivity index (χ0) is 25.7. The minimum Gasteiger partial charge on any atom is -0.394 e. The molecule has 5 rings (SSSR count). The number of hydrogen-bond donors (Lipinski definition) is 5. The molecule has 1 aromatic heterocycles. The first kappa shape index (κ1) is 24.1. The van der Waals surface area contributed by atoms with E-state index in [1.165, 1.54) is 58.1 Å². The van der Waals surface area contributed by atoms with E-state index >= 15 is 0 Å². The second-order valence-corrected chi connectivity index (χ2v) is 8.54. The molecule has 0 spiro atoms. The summed E-state index contributed by atoms with van der Waals surface area (Å²) in [6.45, 7) is -0.729. The highest BCUT2D eigenvalue weighted by molar-refractivity contribution is 5.86. The van der Waals surface area contributed by atoms with Gasteiger partial charge in [0.1, 0.15) is 5.82 Å². The van der Waals surface area contributed by atoms with E-state index in [1.807, 2.05) is 0 Å². The third-order valence-electron chi connectivity index (χ3n) is 6.25. The number of aromatic nitrogens is 1. The number of aliphatic hydroxyl groups excluding tert-OH is 2. The zero-order valence-electron chi connectivity index (χ0n) is 18.7. The van der Waals surface area contributed by atoms with E-state index in [9.17, 15) is 32.9 Å². The number of nitrogens with zero attached hydrogens (tertiary/aromatic N) is 2. The van der Waals surface area contributed by atoms with Gasteiger partial charge in [0.05, 0.1) is 36.3 Å². The number of aliphatic hydroxyl groups is 3. The zero-order valence-corrected chi connectivity index (χ0v) is 18.7. The van der Waals surface area contributed by atoms with Crippen molar-refractivity contribution in [3.05, 3.63) is 89.9 Å². The molecule has 2 atom stereocenters. The van der Waals surface area contributed by atoms with Crippen LogP contribution in [0.1, 0.15) is 11.1 Å².